The van der Waals surface area contributed by atoms with E-state index in [4.69, 9.17) is 10.2 Å². The van der Waals surface area contributed by atoms with Crippen molar-refractivity contribution in [2.45, 2.75) is 18.9 Å². The Bertz CT molecular complexity index is 448. The van der Waals surface area contributed by atoms with Gasteiger partial charge in [-0.15, -0.1) is 0 Å². The number of benzene rings is 1. The number of aliphatic hydroxyl groups excluding tert-OH is 1. The molecule has 1 aromatic heterocycles. The normalized spacial score (nSPS) is 14.5. The van der Waals surface area contributed by atoms with Crippen molar-refractivity contribution in [2.24, 2.45) is 5.73 Å². The molecule has 17 heavy (non-hydrogen) atoms. The summed E-state index contributed by atoms with van der Waals surface area (Å²) in [5.41, 5.74) is 7.97. The third-order valence-electron chi connectivity index (χ3n) is 2.98. The van der Waals surface area contributed by atoms with E-state index in [9.17, 15) is 5.11 Å². The molecule has 0 aliphatic heterocycles. The van der Waals surface area contributed by atoms with E-state index in [0.717, 1.165) is 5.56 Å². The van der Waals surface area contributed by atoms with Gasteiger partial charge in [0.05, 0.1) is 6.26 Å². The van der Waals surface area contributed by atoms with E-state index in [1.807, 2.05) is 31.2 Å². The highest BCUT2D eigenvalue weighted by Gasteiger charge is 2.23. The number of aryl methyl sites for hydroxylation is 1. The molecule has 2 rings (SSSR count). The summed E-state index contributed by atoms with van der Waals surface area (Å²) in [4.78, 5) is 0. The van der Waals surface area contributed by atoms with Crippen LogP contribution in [0.15, 0.2) is 47.1 Å². The Labute approximate surface area is 101 Å². The van der Waals surface area contributed by atoms with Crippen LogP contribution in [0.25, 0.3) is 0 Å². The topological polar surface area (TPSA) is 59.4 Å². The zero-order valence-electron chi connectivity index (χ0n) is 9.84. The molecule has 90 valence electrons. The average molecular weight is 231 g/mol. The molecule has 0 saturated heterocycles. The molecule has 0 aliphatic rings. The molecule has 2 aromatic rings. The predicted octanol–water partition coefficient (Wildman–Crippen LogP) is 2.36. The fraction of sp³-hybridized carbons (Fsp3) is 0.286. The summed E-state index contributed by atoms with van der Waals surface area (Å²) >= 11 is 0. The largest absolute Gasteiger partial charge is 0.467 e. The van der Waals surface area contributed by atoms with Crippen LogP contribution in [0.3, 0.4) is 0 Å². The molecule has 0 saturated carbocycles. The Balaban J connectivity index is 2.24. The highest BCUT2D eigenvalue weighted by molar-refractivity contribution is 5.27. The minimum atomic E-state index is -0.697. The maximum absolute atomic E-state index is 10.2. The SMILES string of the molecule is Cc1ccc(C(CN)C(O)c2ccco2)cc1. The van der Waals surface area contributed by atoms with Crippen LogP contribution < -0.4 is 5.73 Å². The van der Waals surface area contributed by atoms with Crippen LogP contribution in [0.2, 0.25) is 0 Å². The molecule has 3 heteroatoms. The number of furan rings is 1. The highest BCUT2D eigenvalue weighted by Crippen LogP contribution is 2.30. The first-order valence-corrected chi connectivity index (χ1v) is 5.70. The summed E-state index contributed by atoms with van der Waals surface area (Å²) in [6, 6.07) is 11.6. The molecule has 1 heterocycles. The predicted molar refractivity (Wildman–Crippen MR) is 66.6 cm³/mol. The second kappa shape index (κ2) is 5.17. The molecule has 0 bridgehead atoms. The lowest BCUT2D eigenvalue weighted by molar-refractivity contribution is 0.122. The molecule has 2 atom stereocenters. The number of nitrogens with two attached hydrogens (primary N) is 1. The van der Waals surface area contributed by atoms with E-state index < -0.39 is 6.10 Å². The smallest absolute Gasteiger partial charge is 0.132 e. The molecule has 2 unspecified atom stereocenters. The summed E-state index contributed by atoms with van der Waals surface area (Å²) in [7, 11) is 0. The summed E-state index contributed by atoms with van der Waals surface area (Å²) in [5, 5.41) is 10.2. The number of aliphatic hydroxyl groups is 1. The van der Waals surface area contributed by atoms with Gasteiger partial charge in [0.1, 0.15) is 11.9 Å². The summed E-state index contributed by atoms with van der Waals surface area (Å²) in [6.07, 6.45) is 0.860. The van der Waals surface area contributed by atoms with Crippen LogP contribution in [0.5, 0.6) is 0 Å². The first-order chi connectivity index (χ1) is 8.22. The Hall–Kier alpha value is -1.58. The summed E-state index contributed by atoms with van der Waals surface area (Å²) < 4.78 is 5.22. The third kappa shape index (κ3) is 2.57. The van der Waals surface area contributed by atoms with Gasteiger partial charge in [0.15, 0.2) is 0 Å². The number of rotatable bonds is 4. The minimum Gasteiger partial charge on any atom is -0.467 e. The Morgan fingerprint density at radius 3 is 2.47 bits per heavy atom. The van der Waals surface area contributed by atoms with Gasteiger partial charge in [0.2, 0.25) is 0 Å². The second-order valence-corrected chi connectivity index (χ2v) is 4.21. The molecular formula is C14H17NO2. The Kier molecular flexibility index (Phi) is 3.61. The summed E-state index contributed by atoms with van der Waals surface area (Å²) in [5.74, 6) is 0.419. The van der Waals surface area contributed by atoms with E-state index >= 15 is 0 Å². The van der Waals surface area contributed by atoms with Gasteiger partial charge in [-0.2, -0.15) is 0 Å². The van der Waals surface area contributed by atoms with Crippen molar-refractivity contribution in [1.29, 1.82) is 0 Å². The standard InChI is InChI=1S/C14H17NO2/c1-10-4-6-11(7-5-10)12(9-15)14(16)13-3-2-8-17-13/h2-8,12,14,16H,9,15H2,1H3. The number of hydrogen-bond acceptors (Lipinski definition) is 3. The van der Waals surface area contributed by atoms with E-state index in [-0.39, 0.29) is 5.92 Å². The van der Waals surface area contributed by atoms with E-state index in [0.29, 0.717) is 12.3 Å². The van der Waals surface area contributed by atoms with Gasteiger partial charge in [0.25, 0.3) is 0 Å². The second-order valence-electron chi connectivity index (χ2n) is 4.21. The lowest BCUT2D eigenvalue weighted by Crippen LogP contribution is -2.19. The van der Waals surface area contributed by atoms with Crippen LogP contribution in [-0.4, -0.2) is 11.7 Å². The van der Waals surface area contributed by atoms with Crippen LogP contribution in [-0.2, 0) is 0 Å². The zero-order valence-corrected chi connectivity index (χ0v) is 9.84. The molecule has 0 spiro atoms. The third-order valence-corrected chi connectivity index (χ3v) is 2.98. The summed E-state index contributed by atoms with van der Waals surface area (Å²) in [6.45, 7) is 2.41. The van der Waals surface area contributed by atoms with Crippen molar-refractivity contribution in [2.75, 3.05) is 6.54 Å². The van der Waals surface area contributed by atoms with Crippen molar-refractivity contribution in [1.82, 2.24) is 0 Å². The van der Waals surface area contributed by atoms with Crippen LogP contribution in [0.1, 0.15) is 28.9 Å². The fourth-order valence-corrected chi connectivity index (χ4v) is 1.92. The van der Waals surface area contributed by atoms with Gasteiger partial charge in [-0.25, -0.2) is 0 Å². The van der Waals surface area contributed by atoms with Crippen molar-refractivity contribution in [3.8, 4) is 0 Å². The molecular weight excluding hydrogens is 214 g/mol. The molecule has 0 radical (unpaired) electrons. The van der Waals surface area contributed by atoms with E-state index in [1.165, 1.54) is 5.56 Å². The van der Waals surface area contributed by atoms with Gasteiger partial charge in [-0.3, -0.25) is 0 Å². The first kappa shape index (κ1) is 11.9. The monoisotopic (exact) mass is 231 g/mol. The maximum atomic E-state index is 10.2. The van der Waals surface area contributed by atoms with Crippen LogP contribution in [0, 0.1) is 6.92 Å². The van der Waals surface area contributed by atoms with Gasteiger partial charge in [0, 0.05) is 12.5 Å². The van der Waals surface area contributed by atoms with Gasteiger partial charge >= 0.3 is 0 Å². The van der Waals surface area contributed by atoms with E-state index in [1.54, 1.807) is 18.4 Å². The fourth-order valence-electron chi connectivity index (χ4n) is 1.92. The van der Waals surface area contributed by atoms with Gasteiger partial charge in [-0.1, -0.05) is 29.8 Å². The van der Waals surface area contributed by atoms with Crippen molar-refractivity contribution < 1.29 is 9.52 Å². The number of hydrogen-bond donors (Lipinski definition) is 2. The molecule has 3 N–H and O–H groups in total. The van der Waals surface area contributed by atoms with Crippen molar-refractivity contribution >= 4 is 0 Å². The van der Waals surface area contributed by atoms with Crippen molar-refractivity contribution in [3.05, 3.63) is 59.5 Å². The molecule has 0 amide bonds. The van der Waals surface area contributed by atoms with E-state index in [2.05, 4.69) is 0 Å². The van der Waals surface area contributed by atoms with Crippen molar-refractivity contribution in [3.63, 3.8) is 0 Å². The lowest BCUT2D eigenvalue weighted by atomic mass is 9.91. The van der Waals surface area contributed by atoms with Gasteiger partial charge in [-0.05, 0) is 24.6 Å². The zero-order chi connectivity index (χ0) is 12.3. The molecule has 1 aromatic carbocycles. The van der Waals surface area contributed by atoms with Gasteiger partial charge < -0.3 is 15.3 Å². The highest BCUT2D eigenvalue weighted by atomic mass is 16.4. The quantitative estimate of drug-likeness (QED) is 0.849. The minimum absolute atomic E-state index is 0.137. The first-order valence-electron chi connectivity index (χ1n) is 5.70. The lowest BCUT2D eigenvalue weighted by Gasteiger charge is -2.20. The van der Waals surface area contributed by atoms with Crippen LogP contribution in [0.4, 0.5) is 0 Å². The average Bonchev–Trinajstić information content (AvgIpc) is 2.86. The molecule has 3 nitrogen and oxygen atoms in total. The molecule has 0 aliphatic carbocycles. The maximum Gasteiger partial charge on any atom is 0.132 e. The molecule has 0 fully saturated rings. The Morgan fingerprint density at radius 1 is 1.24 bits per heavy atom. The van der Waals surface area contributed by atoms with Crippen LogP contribution >= 0.6 is 0 Å². The Morgan fingerprint density at radius 2 is 1.94 bits per heavy atom.